The van der Waals surface area contributed by atoms with Crippen LogP contribution in [0.3, 0.4) is 0 Å². The third-order valence-electron chi connectivity index (χ3n) is 4.56. The average Bonchev–Trinajstić information content (AvgIpc) is 3.20. The Hall–Kier alpha value is -2.89. The molecule has 3 heterocycles. The van der Waals surface area contributed by atoms with Gasteiger partial charge in [-0.05, 0) is 49.7 Å². The van der Waals surface area contributed by atoms with Crippen LogP contribution in [0.5, 0.6) is 0 Å². The standard InChI is InChI=1S/C19H19FN4O/c1-13-11-24-8-6-14(10-18(24)21-13)19(25)22-16-7-9-23(12-16)17-4-2-15(20)3-5-17/h2-6,8,10-11,16H,7,9,12H2,1H3,(H,22,25). The number of carbonyl (C=O) groups is 1. The van der Waals surface area contributed by atoms with E-state index in [4.69, 9.17) is 0 Å². The number of hydrogen-bond donors (Lipinski definition) is 1. The number of carbonyl (C=O) groups excluding carboxylic acids is 1. The Balaban J connectivity index is 1.43. The Morgan fingerprint density at radius 3 is 2.88 bits per heavy atom. The molecule has 1 unspecified atom stereocenters. The van der Waals surface area contributed by atoms with Crippen molar-refractivity contribution in [3.63, 3.8) is 0 Å². The quantitative estimate of drug-likeness (QED) is 0.799. The molecule has 0 radical (unpaired) electrons. The zero-order valence-electron chi connectivity index (χ0n) is 13.9. The Labute approximate surface area is 145 Å². The van der Waals surface area contributed by atoms with Crippen LogP contribution in [0.1, 0.15) is 22.5 Å². The Morgan fingerprint density at radius 1 is 1.28 bits per heavy atom. The predicted molar refractivity (Wildman–Crippen MR) is 94.4 cm³/mol. The minimum absolute atomic E-state index is 0.0789. The highest BCUT2D eigenvalue weighted by Crippen LogP contribution is 2.21. The number of rotatable bonds is 3. The van der Waals surface area contributed by atoms with Crippen molar-refractivity contribution in [1.82, 2.24) is 14.7 Å². The first-order valence-electron chi connectivity index (χ1n) is 8.35. The summed E-state index contributed by atoms with van der Waals surface area (Å²) in [6, 6.07) is 10.1. The first kappa shape index (κ1) is 15.6. The van der Waals surface area contributed by atoms with Crippen LogP contribution < -0.4 is 10.2 Å². The number of nitrogens with one attached hydrogen (secondary N) is 1. The maximum Gasteiger partial charge on any atom is 0.251 e. The van der Waals surface area contributed by atoms with Crippen molar-refractivity contribution in [3.05, 3.63) is 65.9 Å². The van der Waals surface area contributed by atoms with Gasteiger partial charge in [0.2, 0.25) is 0 Å². The van der Waals surface area contributed by atoms with Crippen LogP contribution in [-0.4, -0.2) is 34.4 Å². The van der Waals surface area contributed by atoms with Crippen molar-refractivity contribution in [2.24, 2.45) is 0 Å². The number of pyridine rings is 1. The second kappa shape index (κ2) is 6.20. The lowest BCUT2D eigenvalue weighted by Gasteiger charge is -2.19. The van der Waals surface area contributed by atoms with E-state index >= 15 is 0 Å². The number of aryl methyl sites for hydroxylation is 1. The molecule has 2 aromatic heterocycles. The lowest BCUT2D eigenvalue weighted by molar-refractivity contribution is 0.0940. The van der Waals surface area contributed by atoms with Crippen LogP contribution in [0.2, 0.25) is 0 Å². The van der Waals surface area contributed by atoms with Gasteiger partial charge in [0.05, 0.1) is 5.69 Å². The largest absolute Gasteiger partial charge is 0.369 e. The first-order chi connectivity index (χ1) is 12.1. The predicted octanol–water partition coefficient (Wildman–Crippen LogP) is 2.79. The number of fused-ring (bicyclic) bond motifs is 1. The summed E-state index contributed by atoms with van der Waals surface area (Å²) >= 11 is 0. The van der Waals surface area contributed by atoms with Crippen LogP contribution >= 0.6 is 0 Å². The number of anilines is 1. The fourth-order valence-corrected chi connectivity index (χ4v) is 3.28. The molecular weight excluding hydrogens is 319 g/mol. The van der Waals surface area contributed by atoms with Crippen molar-refractivity contribution in [1.29, 1.82) is 0 Å². The van der Waals surface area contributed by atoms with Crippen molar-refractivity contribution in [3.8, 4) is 0 Å². The van der Waals surface area contributed by atoms with Gasteiger partial charge in [0.1, 0.15) is 11.5 Å². The molecule has 128 valence electrons. The van der Waals surface area contributed by atoms with Gasteiger partial charge in [-0.2, -0.15) is 0 Å². The van der Waals surface area contributed by atoms with Gasteiger partial charge in [-0.25, -0.2) is 9.37 Å². The number of hydrogen-bond acceptors (Lipinski definition) is 3. The zero-order valence-corrected chi connectivity index (χ0v) is 13.9. The van der Waals surface area contributed by atoms with Gasteiger partial charge in [0.15, 0.2) is 0 Å². The van der Waals surface area contributed by atoms with Crippen LogP contribution in [-0.2, 0) is 0 Å². The van der Waals surface area contributed by atoms with Crippen LogP contribution in [0.4, 0.5) is 10.1 Å². The summed E-state index contributed by atoms with van der Waals surface area (Å²) in [5, 5.41) is 3.09. The summed E-state index contributed by atoms with van der Waals surface area (Å²) in [6.45, 7) is 3.49. The van der Waals surface area contributed by atoms with Gasteiger partial charge in [0.25, 0.3) is 5.91 Å². The van der Waals surface area contributed by atoms with E-state index in [1.54, 1.807) is 24.3 Å². The van der Waals surface area contributed by atoms with Gasteiger partial charge >= 0.3 is 0 Å². The first-order valence-corrected chi connectivity index (χ1v) is 8.35. The van der Waals surface area contributed by atoms with Crippen molar-refractivity contribution in [2.75, 3.05) is 18.0 Å². The van der Waals surface area contributed by atoms with Crippen molar-refractivity contribution in [2.45, 2.75) is 19.4 Å². The Kier molecular flexibility index (Phi) is 3.87. The van der Waals surface area contributed by atoms with Gasteiger partial charge in [0, 0.05) is 42.8 Å². The fraction of sp³-hybridized carbons (Fsp3) is 0.263. The van der Waals surface area contributed by atoms with E-state index in [1.165, 1.54) is 12.1 Å². The molecule has 5 nitrogen and oxygen atoms in total. The molecule has 3 aromatic rings. The second-order valence-corrected chi connectivity index (χ2v) is 6.44. The minimum Gasteiger partial charge on any atom is -0.369 e. The summed E-state index contributed by atoms with van der Waals surface area (Å²) in [6.07, 6.45) is 4.64. The third-order valence-corrected chi connectivity index (χ3v) is 4.56. The van der Waals surface area contributed by atoms with E-state index < -0.39 is 0 Å². The van der Waals surface area contributed by atoms with E-state index in [1.807, 2.05) is 23.7 Å². The van der Waals surface area contributed by atoms with E-state index in [0.717, 1.165) is 36.5 Å². The molecule has 0 aliphatic carbocycles. The highest BCUT2D eigenvalue weighted by Gasteiger charge is 2.24. The van der Waals surface area contributed by atoms with Gasteiger partial charge < -0.3 is 14.6 Å². The maximum absolute atomic E-state index is 13.0. The lowest BCUT2D eigenvalue weighted by atomic mass is 10.2. The molecular formula is C19H19FN4O. The molecule has 6 heteroatoms. The van der Waals surface area contributed by atoms with Crippen LogP contribution in [0, 0.1) is 12.7 Å². The highest BCUT2D eigenvalue weighted by molar-refractivity contribution is 5.95. The molecule has 1 aliphatic heterocycles. The van der Waals surface area contributed by atoms with Gasteiger partial charge in [-0.3, -0.25) is 4.79 Å². The monoisotopic (exact) mass is 338 g/mol. The van der Waals surface area contributed by atoms with Crippen LogP contribution in [0.25, 0.3) is 5.65 Å². The van der Waals surface area contributed by atoms with Crippen LogP contribution in [0.15, 0.2) is 48.8 Å². The number of benzene rings is 1. The summed E-state index contributed by atoms with van der Waals surface area (Å²) in [5.74, 6) is -0.327. The SMILES string of the molecule is Cc1cn2ccc(C(=O)NC3CCN(c4ccc(F)cc4)C3)cc2n1. The number of aromatic nitrogens is 2. The molecule has 1 amide bonds. The topological polar surface area (TPSA) is 49.6 Å². The van der Waals surface area contributed by atoms with E-state index in [9.17, 15) is 9.18 Å². The van der Waals surface area contributed by atoms with E-state index in [2.05, 4.69) is 15.2 Å². The van der Waals surface area contributed by atoms with Gasteiger partial charge in [-0.1, -0.05) is 0 Å². The molecule has 0 spiro atoms. The molecule has 1 fully saturated rings. The Morgan fingerprint density at radius 2 is 2.08 bits per heavy atom. The zero-order chi connectivity index (χ0) is 17.4. The number of amides is 1. The fourth-order valence-electron chi connectivity index (χ4n) is 3.28. The average molecular weight is 338 g/mol. The molecule has 1 atom stereocenters. The number of nitrogens with zero attached hydrogens (tertiary/aromatic N) is 3. The van der Waals surface area contributed by atoms with E-state index in [0.29, 0.717) is 5.56 Å². The molecule has 1 N–H and O–H groups in total. The van der Waals surface area contributed by atoms with Crippen molar-refractivity contribution >= 4 is 17.2 Å². The molecule has 4 rings (SSSR count). The molecule has 1 saturated heterocycles. The van der Waals surface area contributed by atoms with Gasteiger partial charge in [-0.15, -0.1) is 0 Å². The Bertz CT molecular complexity index is 919. The smallest absolute Gasteiger partial charge is 0.251 e. The number of halogens is 1. The third kappa shape index (κ3) is 3.20. The summed E-state index contributed by atoms with van der Waals surface area (Å²) in [5.41, 5.74) is 3.28. The lowest BCUT2D eigenvalue weighted by Crippen LogP contribution is -2.37. The maximum atomic E-state index is 13.0. The van der Waals surface area contributed by atoms with E-state index in [-0.39, 0.29) is 17.8 Å². The number of imidazole rings is 1. The summed E-state index contributed by atoms with van der Waals surface area (Å²) in [7, 11) is 0. The van der Waals surface area contributed by atoms with Crippen molar-refractivity contribution < 1.29 is 9.18 Å². The highest BCUT2D eigenvalue weighted by atomic mass is 19.1. The minimum atomic E-state index is -0.239. The molecule has 1 aliphatic rings. The molecule has 0 saturated carbocycles. The molecule has 1 aromatic carbocycles. The summed E-state index contributed by atoms with van der Waals surface area (Å²) < 4.78 is 14.9. The molecule has 0 bridgehead atoms. The summed E-state index contributed by atoms with van der Waals surface area (Å²) in [4.78, 5) is 19.1. The normalized spacial score (nSPS) is 17.2. The molecule has 25 heavy (non-hydrogen) atoms. The second-order valence-electron chi connectivity index (χ2n) is 6.44.